The van der Waals surface area contributed by atoms with Crippen LogP contribution >= 0.6 is 0 Å². The SMILES string of the molecule is OCC(O)CON=CC1CNC1. The zero-order chi connectivity index (χ0) is 8.81. The quantitative estimate of drug-likeness (QED) is 0.352. The number of rotatable bonds is 5. The van der Waals surface area contributed by atoms with Crippen molar-refractivity contribution in [3.63, 3.8) is 0 Å². The van der Waals surface area contributed by atoms with Crippen LogP contribution in [-0.2, 0) is 4.84 Å². The molecule has 0 amide bonds. The molecule has 0 radical (unpaired) electrons. The van der Waals surface area contributed by atoms with Gasteiger partial charge in [0.2, 0.25) is 0 Å². The van der Waals surface area contributed by atoms with Gasteiger partial charge in [0.25, 0.3) is 0 Å². The van der Waals surface area contributed by atoms with Gasteiger partial charge < -0.3 is 20.4 Å². The van der Waals surface area contributed by atoms with Gasteiger partial charge in [0.1, 0.15) is 12.7 Å². The van der Waals surface area contributed by atoms with Crippen LogP contribution in [0.15, 0.2) is 5.16 Å². The van der Waals surface area contributed by atoms with Crippen LogP contribution in [0.5, 0.6) is 0 Å². The molecule has 12 heavy (non-hydrogen) atoms. The van der Waals surface area contributed by atoms with E-state index in [2.05, 4.69) is 10.5 Å². The largest absolute Gasteiger partial charge is 0.394 e. The Labute approximate surface area is 71.0 Å². The first-order valence-electron chi connectivity index (χ1n) is 3.98. The van der Waals surface area contributed by atoms with Crippen LogP contribution in [0.2, 0.25) is 0 Å². The van der Waals surface area contributed by atoms with Crippen molar-refractivity contribution >= 4 is 6.21 Å². The lowest BCUT2D eigenvalue weighted by atomic mass is 10.1. The highest BCUT2D eigenvalue weighted by atomic mass is 16.6. The molecule has 0 aliphatic carbocycles. The normalized spacial score (nSPS) is 20.8. The van der Waals surface area contributed by atoms with Gasteiger partial charge in [-0.15, -0.1) is 0 Å². The second kappa shape index (κ2) is 5.08. The fourth-order valence-electron chi connectivity index (χ4n) is 0.727. The van der Waals surface area contributed by atoms with E-state index in [1.165, 1.54) is 0 Å². The molecule has 0 aromatic carbocycles. The summed E-state index contributed by atoms with van der Waals surface area (Å²) in [6.07, 6.45) is 0.877. The molecular formula is C7H14N2O3. The van der Waals surface area contributed by atoms with Crippen molar-refractivity contribution in [3.05, 3.63) is 0 Å². The lowest BCUT2D eigenvalue weighted by molar-refractivity contribution is 0.00829. The van der Waals surface area contributed by atoms with E-state index in [1.54, 1.807) is 6.21 Å². The zero-order valence-electron chi connectivity index (χ0n) is 6.81. The van der Waals surface area contributed by atoms with Gasteiger partial charge >= 0.3 is 0 Å². The minimum atomic E-state index is -0.832. The van der Waals surface area contributed by atoms with Gasteiger partial charge in [-0.05, 0) is 0 Å². The highest BCUT2D eigenvalue weighted by Crippen LogP contribution is 1.98. The summed E-state index contributed by atoms with van der Waals surface area (Å²) < 4.78 is 0. The van der Waals surface area contributed by atoms with Crippen molar-refractivity contribution in [3.8, 4) is 0 Å². The van der Waals surface area contributed by atoms with Crippen molar-refractivity contribution < 1.29 is 15.1 Å². The minimum absolute atomic E-state index is 0.0488. The van der Waals surface area contributed by atoms with Crippen LogP contribution in [0, 0.1) is 5.92 Å². The van der Waals surface area contributed by atoms with Crippen molar-refractivity contribution in [1.82, 2.24) is 5.32 Å². The lowest BCUT2D eigenvalue weighted by Crippen LogP contribution is -2.42. The van der Waals surface area contributed by atoms with Gasteiger partial charge in [-0.1, -0.05) is 5.16 Å². The van der Waals surface area contributed by atoms with Crippen molar-refractivity contribution in [1.29, 1.82) is 0 Å². The first-order valence-corrected chi connectivity index (χ1v) is 3.98. The Morgan fingerprint density at radius 2 is 2.42 bits per heavy atom. The average molecular weight is 174 g/mol. The smallest absolute Gasteiger partial charge is 0.145 e. The van der Waals surface area contributed by atoms with Gasteiger partial charge in [-0.3, -0.25) is 0 Å². The number of nitrogens with one attached hydrogen (secondary N) is 1. The second-order valence-electron chi connectivity index (χ2n) is 2.80. The van der Waals surface area contributed by atoms with Crippen LogP contribution in [0.1, 0.15) is 0 Å². The van der Waals surface area contributed by atoms with Gasteiger partial charge in [0.05, 0.1) is 6.61 Å². The van der Waals surface area contributed by atoms with E-state index in [9.17, 15) is 0 Å². The molecule has 1 rings (SSSR count). The van der Waals surface area contributed by atoms with E-state index in [0.29, 0.717) is 5.92 Å². The Hall–Kier alpha value is -0.650. The second-order valence-corrected chi connectivity index (χ2v) is 2.80. The number of hydrogen-bond donors (Lipinski definition) is 3. The molecule has 1 saturated heterocycles. The molecule has 70 valence electrons. The predicted octanol–water partition coefficient (Wildman–Crippen LogP) is -1.44. The van der Waals surface area contributed by atoms with E-state index in [0.717, 1.165) is 13.1 Å². The summed E-state index contributed by atoms with van der Waals surface area (Å²) in [6, 6.07) is 0. The molecule has 1 fully saturated rings. The summed E-state index contributed by atoms with van der Waals surface area (Å²) in [6.45, 7) is 1.64. The predicted molar refractivity (Wildman–Crippen MR) is 43.9 cm³/mol. The van der Waals surface area contributed by atoms with Crippen LogP contribution in [0.4, 0.5) is 0 Å². The first kappa shape index (κ1) is 9.44. The molecule has 3 N–H and O–H groups in total. The average Bonchev–Trinajstić information content (AvgIpc) is 2.00. The van der Waals surface area contributed by atoms with Crippen LogP contribution < -0.4 is 5.32 Å². The van der Waals surface area contributed by atoms with Gasteiger partial charge in [0.15, 0.2) is 0 Å². The molecule has 1 aliphatic heterocycles. The van der Waals surface area contributed by atoms with Crippen LogP contribution in [0.25, 0.3) is 0 Å². The fourth-order valence-corrected chi connectivity index (χ4v) is 0.727. The van der Waals surface area contributed by atoms with Crippen LogP contribution in [0.3, 0.4) is 0 Å². The Balaban J connectivity index is 1.96. The standard InChI is InChI=1S/C7H14N2O3/c10-4-7(11)5-12-9-3-6-1-8-2-6/h3,6-8,10-11H,1-2,4-5H2. The first-order chi connectivity index (χ1) is 5.83. The molecule has 0 aromatic heterocycles. The molecule has 0 bridgehead atoms. The summed E-state index contributed by atoms with van der Waals surface area (Å²) in [4.78, 5) is 4.72. The maximum absolute atomic E-state index is 8.83. The van der Waals surface area contributed by atoms with Crippen molar-refractivity contribution in [2.45, 2.75) is 6.10 Å². The van der Waals surface area contributed by atoms with Gasteiger partial charge in [0, 0.05) is 25.2 Å². The number of oxime groups is 1. The molecule has 1 aliphatic rings. The van der Waals surface area contributed by atoms with Crippen LogP contribution in [-0.4, -0.2) is 48.8 Å². The van der Waals surface area contributed by atoms with E-state index in [-0.39, 0.29) is 13.2 Å². The Morgan fingerprint density at radius 3 is 2.92 bits per heavy atom. The summed E-state index contributed by atoms with van der Waals surface area (Å²) in [7, 11) is 0. The molecule has 0 aromatic rings. The summed E-state index contributed by atoms with van der Waals surface area (Å²) in [5.74, 6) is 0.455. The van der Waals surface area contributed by atoms with Crippen molar-refractivity contribution in [2.75, 3.05) is 26.3 Å². The highest BCUT2D eigenvalue weighted by Gasteiger charge is 2.13. The maximum Gasteiger partial charge on any atom is 0.145 e. The third-order valence-corrected chi connectivity index (χ3v) is 1.64. The maximum atomic E-state index is 8.83. The molecule has 0 spiro atoms. The number of aliphatic hydroxyl groups is 2. The number of aliphatic hydroxyl groups excluding tert-OH is 2. The Morgan fingerprint density at radius 1 is 1.67 bits per heavy atom. The molecule has 5 nitrogen and oxygen atoms in total. The fraction of sp³-hybridized carbons (Fsp3) is 0.857. The molecular weight excluding hydrogens is 160 g/mol. The van der Waals surface area contributed by atoms with E-state index < -0.39 is 6.10 Å². The summed E-state index contributed by atoms with van der Waals surface area (Å²) in [5, 5.41) is 24.0. The lowest BCUT2D eigenvalue weighted by Gasteiger charge is -2.22. The number of hydrogen-bond acceptors (Lipinski definition) is 5. The highest BCUT2D eigenvalue weighted by molar-refractivity contribution is 5.61. The molecule has 5 heteroatoms. The molecule has 0 saturated carbocycles. The van der Waals surface area contributed by atoms with Crippen molar-refractivity contribution in [2.24, 2.45) is 11.1 Å². The molecule has 1 heterocycles. The zero-order valence-corrected chi connectivity index (χ0v) is 6.81. The monoisotopic (exact) mass is 174 g/mol. The molecule has 1 atom stereocenters. The minimum Gasteiger partial charge on any atom is -0.394 e. The van der Waals surface area contributed by atoms with Gasteiger partial charge in [-0.2, -0.15) is 0 Å². The third kappa shape index (κ3) is 3.17. The summed E-state index contributed by atoms with van der Waals surface area (Å²) in [5.41, 5.74) is 0. The Kier molecular flexibility index (Phi) is 3.99. The number of nitrogens with zero attached hydrogens (tertiary/aromatic N) is 1. The molecule has 1 unspecified atom stereocenters. The van der Waals surface area contributed by atoms with E-state index in [4.69, 9.17) is 15.1 Å². The summed E-state index contributed by atoms with van der Waals surface area (Å²) >= 11 is 0. The van der Waals surface area contributed by atoms with Gasteiger partial charge in [-0.25, -0.2) is 0 Å². The van der Waals surface area contributed by atoms with E-state index >= 15 is 0 Å². The third-order valence-electron chi connectivity index (χ3n) is 1.64. The van der Waals surface area contributed by atoms with E-state index in [1.807, 2.05) is 0 Å². The topological polar surface area (TPSA) is 74.1 Å². The Bertz CT molecular complexity index is 148.